The Balaban J connectivity index is 2.12. The molecule has 1 amide bonds. The maximum Gasteiger partial charge on any atom is 0.316 e. The van der Waals surface area contributed by atoms with E-state index in [1.807, 2.05) is 24.3 Å². The van der Waals surface area contributed by atoms with Crippen molar-refractivity contribution in [3.63, 3.8) is 0 Å². The molecule has 2 N–H and O–H groups in total. The van der Waals surface area contributed by atoms with Crippen LogP contribution in [0.4, 0.5) is 0 Å². The summed E-state index contributed by atoms with van der Waals surface area (Å²) in [5.41, 5.74) is 1.25. The van der Waals surface area contributed by atoms with Crippen molar-refractivity contribution >= 4 is 23.6 Å². The third kappa shape index (κ3) is 5.50. The monoisotopic (exact) mass is 387 g/mol. The van der Waals surface area contributed by atoms with E-state index < -0.39 is 11.2 Å². The van der Waals surface area contributed by atoms with Crippen molar-refractivity contribution < 1.29 is 19.4 Å². The van der Waals surface area contributed by atoms with Crippen LogP contribution in [-0.2, 0) is 10.2 Å². The summed E-state index contributed by atoms with van der Waals surface area (Å²) >= 11 is 1.16. The van der Waals surface area contributed by atoms with E-state index in [0.29, 0.717) is 17.0 Å². The van der Waals surface area contributed by atoms with Gasteiger partial charge in [0.25, 0.3) is 5.91 Å². The van der Waals surface area contributed by atoms with Crippen molar-refractivity contribution in [2.75, 3.05) is 13.7 Å². The standard InChI is InChI=1S/C21H25NO4S/c1-14(20(24)25)27-18-11-6-5-10-17(18)19(23)22-13-21(2,3)15-8-7-9-16(12-15)26-4/h5-12,14H,13H2,1-4H3,(H,22,23)(H,24,25). The number of hydrogen-bond donors (Lipinski definition) is 2. The van der Waals surface area contributed by atoms with Crippen LogP contribution in [0.1, 0.15) is 36.7 Å². The smallest absolute Gasteiger partial charge is 0.316 e. The van der Waals surface area contributed by atoms with Gasteiger partial charge in [0.2, 0.25) is 0 Å². The summed E-state index contributed by atoms with van der Waals surface area (Å²) in [5.74, 6) is -0.350. The van der Waals surface area contributed by atoms with Gasteiger partial charge in [-0.15, -0.1) is 11.8 Å². The Morgan fingerprint density at radius 3 is 2.56 bits per heavy atom. The fourth-order valence-electron chi connectivity index (χ4n) is 2.54. The lowest BCUT2D eigenvalue weighted by Crippen LogP contribution is -2.37. The van der Waals surface area contributed by atoms with Gasteiger partial charge in [0, 0.05) is 16.9 Å². The third-order valence-electron chi connectivity index (χ3n) is 4.33. The molecule has 6 heteroatoms. The van der Waals surface area contributed by atoms with Gasteiger partial charge >= 0.3 is 5.97 Å². The molecule has 2 rings (SSSR count). The molecule has 0 saturated carbocycles. The van der Waals surface area contributed by atoms with Gasteiger partial charge in [-0.2, -0.15) is 0 Å². The van der Waals surface area contributed by atoms with E-state index in [1.54, 1.807) is 38.3 Å². The van der Waals surface area contributed by atoms with Crippen LogP contribution in [0.15, 0.2) is 53.4 Å². The molecule has 2 aromatic carbocycles. The highest BCUT2D eigenvalue weighted by Gasteiger charge is 2.23. The lowest BCUT2D eigenvalue weighted by molar-refractivity contribution is -0.136. The number of carboxylic acid groups (broad SMARTS) is 1. The largest absolute Gasteiger partial charge is 0.497 e. The van der Waals surface area contributed by atoms with Gasteiger partial charge in [-0.05, 0) is 36.8 Å². The number of rotatable bonds is 8. The number of thioether (sulfide) groups is 1. The highest BCUT2D eigenvalue weighted by Crippen LogP contribution is 2.28. The van der Waals surface area contributed by atoms with Crippen molar-refractivity contribution in [1.29, 1.82) is 0 Å². The maximum absolute atomic E-state index is 12.7. The van der Waals surface area contributed by atoms with E-state index in [2.05, 4.69) is 19.2 Å². The molecule has 1 atom stereocenters. The van der Waals surface area contributed by atoms with E-state index in [1.165, 1.54) is 0 Å². The van der Waals surface area contributed by atoms with Crippen LogP contribution in [0.2, 0.25) is 0 Å². The zero-order valence-electron chi connectivity index (χ0n) is 16.0. The molecular formula is C21H25NO4S. The Labute approximate surface area is 164 Å². The Bertz CT molecular complexity index is 819. The van der Waals surface area contributed by atoms with Gasteiger partial charge in [0.1, 0.15) is 11.0 Å². The average molecular weight is 388 g/mol. The third-order valence-corrected chi connectivity index (χ3v) is 5.49. The van der Waals surface area contributed by atoms with E-state index in [0.717, 1.165) is 23.1 Å². The molecule has 0 aliphatic carbocycles. The number of carboxylic acids is 1. The molecule has 0 bridgehead atoms. The van der Waals surface area contributed by atoms with Crippen LogP contribution in [0, 0.1) is 0 Å². The zero-order valence-corrected chi connectivity index (χ0v) is 16.8. The molecule has 2 aromatic rings. The van der Waals surface area contributed by atoms with Gasteiger partial charge < -0.3 is 15.2 Å². The SMILES string of the molecule is COc1cccc(C(C)(C)CNC(=O)c2ccccc2SC(C)C(=O)O)c1. The molecule has 0 radical (unpaired) electrons. The molecule has 5 nitrogen and oxygen atoms in total. The number of methoxy groups -OCH3 is 1. The van der Waals surface area contributed by atoms with Gasteiger partial charge in [-0.25, -0.2) is 0 Å². The summed E-state index contributed by atoms with van der Waals surface area (Å²) in [7, 11) is 1.63. The maximum atomic E-state index is 12.7. The van der Waals surface area contributed by atoms with Crippen LogP contribution >= 0.6 is 11.8 Å². The van der Waals surface area contributed by atoms with Gasteiger partial charge in [-0.1, -0.05) is 38.1 Å². The Kier molecular flexibility index (Phi) is 6.91. The minimum absolute atomic E-state index is 0.216. The molecule has 0 aliphatic heterocycles. The van der Waals surface area contributed by atoms with E-state index >= 15 is 0 Å². The van der Waals surface area contributed by atoms with Crippen LogP contribution in [0.5, 0.6) is 5.75 Å². The molecule has 0 aliphatic rings. The summed E-state index contributed by atoms with van der Waals surface area (Å²) in [4.78, 5) is 24.5. The van der Waals surface area contributed by atoms with Gasteiger partial charge in [0.15, 0.2) is 0 Å². The minimum Gasteiger partial charge on any atom is -0.497 e. The second-order valence-electron chi connectivity index (χ2n) is 6.89. The number of ether oxygens (including phenoxy) is 1. The summed E-state index contributed by atoms with van der Waals surface area (Å²) in [6, 6.07) is 14.8. The van der Waals surface area contributed by atoms with Crippen LogP contribution in [0.25, 0.3) is 0 Å². The molecule has 1 unspecified atom stereocenters. The van der Waals surface area contributed by atoms with Crippen LogP contribution in [-0.4, -0.2) is 35.9 Å². The second-order valence-corrected chi connectivity index (χ2v) is 8.28. The van der Waals surface area contributed by atoms with Crippen molar-refractivity contribution in [1.82, 2.24) is 5.32 Å². The van der Waals surface area contributed by atoms with Crippen molar-refractivity contribution in [3.8, 4) is 5.75 Å². The quantitative estimate of drug-likeness (QED) is 0.671. The molecule has 144 valence electrons. The van der Waals surface area contributed by atoms with E-state index in [4.69, 9.17) is 9.84 Å². The number of benzene rings is 2. The number of carbonyl (C=O) groups excluding carboxylic acids is 1. The normalized spacial score (nSPS) is 12.3. The van der Waals surface area contributed by atoms with E-state index in [9.17, 15) is 9.59 Å². The highest BCUT2D eigenvalue weighted by molar-refractivity contribution is 8.00. The Morgan fingerprint density at radius 1 is 1.19 bits per heavy atom. The topological polar surface area (TPSA) is 75.6 Å². The molecule has 0 heterocycles. The van der Waals surface area contributed by atoms with Gasteiger partial charge in [0.05, 0.1) is 12.7 Å². The molecule has 27 heavy (non-hydrogen) atoms. The number of amides is 1. The van der Waals surface area contributed by atoms with Crippen molar-refractivity contribution in [2.24, 2.45) is 0 Å². The predicted molar refractivity (Wildman–Crippen MR) is 108 cm³/mol. The second kappa shape index (κ2) is 8.95. The summed E-state index contributed by atoms with van der Waals surface area (Å²) in [6.07, 6.45) is 0. The Morgan fingerprint density at radius 2 is 1.89 bits per heavy atom. The molecule has 0 fully saturated rings. The van der Waals surface area contributed by atoms with Crippen LogP contribution in [0.3, 0.4) is 0 Å². The number of hydrogen-bond acceptors (Lipinski definition) is 4. The van der Waals surface area contributed by atoms with Crippen molar-refractivity contribution in [3.05, 3.63) is 59.7 Å². The first kappa shape index (κ1) is 20.8. The molecular weight excluding hydrogens is 362 g/mol. The molecule has 0 spiro atoms. The Hall–Kier alpha value is -2.47. The van der Waals surface area contributed by atoms with Crippen LogP contribution < -0.4 is 10.1 Å². The fourth-order valence-corrected chi connectivity index (χ4v) is 3.47. The first-order valence-corrected chi connectivity index (χ1v) is 9.54. The number of nitrogens with one attached hydrogen (secondary N) is 1. The van der Waals surface area contributed by atoms with E-state index in [-0.39, 0.29) is 11.3 Å². The number of carbonyl (C=O) groups is 2. The lowest BCUT2D eigenvalue weighted by Gasteiger charge is -2.26. The average Bonchev–Trinajstić information content (AvgIpc) is 2.66. The molecule has 0 saturated heterocycles. The van der Waals surface area contributed by atoms with Gasteiger partial charge in [-0.3, -0.25) is 9.59 Å². The van der Waals surface area contributed by atoms with Crippen molar-refractivity contribution in [2.45, 2.75) is 36.3 Å². The number of aliphatic carboxylic acids is 1. The summed E-state index contributed by atoms with van der Waals surface area (Å²) < 4.78 is 5.28. The predicted octanol–water partition coefficient (Wildman–Crippen LogP) is 3.97. The fraction of sp³-hybridized carbons (Fsp3) is 0.333. The lowest BCUT2D eigenvalue weighted by atomic mass is 9.84. The molecule has 0 aromatic heterocycles. The summed E-state index contributed by atoms with van der Waals surface area (Å²) in [6.45, 7) is 6.14. The first-order chi connectivity index (χ1) is 12.7. The highest BCUT2D eigenvalue weighted by atomic mass is 32.2. The first-order valence-electron chi connectivity index (χ1n) is 8.66. The summed E-state index contributed by atoms with van der Waals surface area (Å²) in [5, 5.41) is 11.5. The zero-order chi connectivity index (χ0) is 20.0. The minimum atomic E-state index is -0.908.